The number of rotatable bonds is 7. The maximum absolute atomic E-state index is 6.11. The summed E-state index contributed by atoms with van der Waals surface area (Å²) < 4.78 is 6.11. The number of furan rings is 1. The van der Waals surface area contributed by atoms with Crippen LogP contribution in [0, 0.1) is 13.8 Å². The topological polar surface area (TPSA) is 25.2 Å². The van der Waals surface area contributed by atoms with E-state index >= 15 is 0 Å². The van der Waals surface area contributed by atoms with Gasteiger partial charge in [-0.3, -0.25) is 0 Å². The fourth-order valence-corrected chi connectivity index (χ4v) is 4.60. The lowest BCUT2D eigenvalue weighted by Crippen LogP contribution is -1.93. The van der Waals surface area contributed by atoms with E-state index in [9.17, 15) is 0 Å². The van der Waals surface area contributed by atoms with E-state index in [1.807, 2.05) is 6.08 Å². The van der Waals surface area contributed by atoms with Crippen LogP contribution in [0.25, 0.3) is 33.5 Å². The highest BCUT2D eigenvalue weighted by Gasteiger charge is 2.16. The van der Waals surface area contributed by atoms with E-state index in [-0.39, 0.29) is 0 Å². The molecule has 0 saturated carbocycles. The zero-order valence-corrected chi connectivity index (χ0v) is 20.7. The second-order valence-electron chi connectivity index (χ2n) is 8.87. The molecule has 0 atom stereocenters. The Hall–Kier alpha value is -4.56. The molecule has 0 fully saturated rings. The van der Waals surface area contributed by atoms with Crippen molar-refractivity contribution in [2.24, 2.45) is 0 Å². The highest BCUT2D eigenvalue weighted by Crippen LogP contribution is 2.34. The standard InChI is InChI=1S/C34H29NO/c1-5-10-32(34-24(4)23(3)33(6-2)36-34)27-17-21-29(22-18-27)35-28-19-15-26(16-20-28)31-14-9-12-25-11-7-8-13-30(25)31/h5-22,35H,1-2H2,3-4H3/b32-10-. The summed E-state index contributed by atoms with van der Waals surface area (Å²) in [7, 11) is 0. The summed E-state index contributed by atoms with van der Waals surface area (Å²) >= 11 is 0. The van der Waals surface area contributed by atoms with Crippen molar-refractivity contribution in [1.29, 1.82) is 0 Å². The van der Waals surface area contributed by atoms with Crippen LogP contribution in [-0.4, -0.2) is 0 Å². The minimum atomic E-state index is 0.808. The largest absolute Gasteiger partial charge is 0.456 e. The molecule has 0 aliphatic rings. The van der Waals surface area contributed by atoms with E-state index in [1.165, 1.54) is 21.9 Å². The van der Waals surface area contributed by atoms with Crippen molar-refractivity contribution in [2.75, 3.05) is 5.32 Å². The molecule has 0 spiro atoms. The van der Waals surface area contributed by atoms with Crippen LogP contribution in [0.4, 0.5) is 11.4 Å². The number of hydrogen-bond donors (Lipinski definition) is 1. The predicted molar refractivity (Wildman–Crippen MR) is 155 cm³/mol. The first-order chi connectivity index (χ1) is 17.6. The second-order valence-corrected chi connectivity index (χ2v) is 8.87. The third kappa shape index (κ3) is 4.42. The minimum absolute atomic E-state index is 0.808. The van der Waals surface area contributed by atoms with Crippen LogP contribution in [0.2, 0.25) is 0 Å². The SMILES string of the molecule is C=C/C=C(/c1ccc(Nc2ccc(-c3cccc4ccccc34)cc2)cc1)c1oc(C=C)c(C)c1C. The van der Waals surface area contributed by atoms with Gasteiger partial charge < -0.3 is 9.73 Å². The smallest absolute Gasteiger partial charge is 0.138 e. The first kappa shape index (κ1) is 23.2. The maximum atomic E-state index is 6.11. The molecule has 176 valence electrons. The molecule has 5 aromatic rings. The summed E-state index contributed by atoms with van der Waals surface area (Å²) in [6, 6.07) is 31.9. The molecule has 1 heterocycles. The van der Waals surface area contributed by atoms with Crippen molar-refractivity contribution in [3.05, 3.63) is 145 Å². The first-order valence-electron chi connectivity index (χ1n) is 12.1. The highest BCUT2D eigenvalue weighted by molar-refractivity contribution is 5.96. The number of nitrogens with one attached hydrogen (secondary N) is 1. The summed E-state index contributed by atoms with van der Waals surface area (Å²) in [6.45, 7) is 11.9. The molecule has 0 unspecified atom stereocenters. The molecule has 0 amide bonds. The molecule has 1 N–H and O–H groups in total. The van der Waals surface area contributed by atoms with Crippen LogP contribution in [0.3, 0.4) is 0 Å². The Morgan fingerprint density at radius 3 is 2.08 bits per heavy atom. The van der Waals surface area contributed by atoms with Crippen molar-refractivity contribution in [3.8, 4) is 11.1 Å². The molecule has 5 rings (SSSR count). The zero-order valence-electron chi connectivity index (χ0n) is 20.7. The average molecular weight is 468 g/mol. The summed E-state index contributed by atoms with van der Waals surface area (Å²) in [5.74, 6) is 1.66. The maximum Gasteiger partial charge on any atom is 0.138 e. The second kappa shape index (κ2) is 9.97. The van der Waals surface area contributed by atoms with Crippen LogP contribution in [0.15, 0.2) is 121 Å². The van der Waals surface area contributed by atoms with Crippen LogP contribution in [-0.2, 0) is 0 Å². The third-order valence-corrected chi connectivity index (χ3v) is 6.67. The van der Waals surface area contributed by atoms with E-state index < -0.39 is 0 Å². The molecule has 1 aromatic heterocycles. The van der Waals surface area contributed by atoms with E-state index in [0.717, 1.165) is 45.2 Å². The summed E-state index contributed by atoms with van der Waals surface area (Å²) in [5, 5.41) is 6.03. The molecule has 4 aromatic carbocycles. The number of benzene rings is 4. The lowest BCUT2D eigenvalue weighted by atomic mass is 9.98. The third-order valence-electron chi connectivity index (χ3n) is 6.67. The van der Waals surface area contributed by atoms with Crippen molar-refractivity contribution in [2.45, 2.75) is 13.8 Å². The van der Waals surface area contributed by atoms with E-state index in [2.05, 4.69) is 123 Å². The number of hydrogen-bond acceptors (Lipinski definition) is 2. The Kier molecular flexibility index (Phi) is 6.42. The van der Waals surface area contributed by atoms with Crippen LogP contribution < -0.4 is 5.32 Å². The van der Waals surface area contributed by atoms with Gasteiger partial charge in [-0.05, 0) is 82.8 Å². The Bertz CT molecular complexity index is 1580. The number of fused-ring (bicyclic) bond motifs is 1. The molecule has 2 nitrogen and oxygen atoms in total. The van der Waals surface area contributed by atoms with Gasteiger partial charge in [-0.25, -0.2) is 0 Å². The molecular formula is C34H29NO. The van der Waals surface area contributed by atoms with Crippen molar-refractivity contribution >= 4 is 33.8 Å². The van der Waals surface area contributed by atoms with E-state index in [1.54, 1.807) is 12.2 Å². The van der Waals surface area contributed by atoms with E-state index in [0.29, 0.717) is 0 Å². The lowest BCUT2D eigenvalue weighted by molar-refractivity contribution is 0.540. The van der Waals surface area contributed by atoms with Crippen molar-refractivity contribution in [3.63, 3.8) is 0 Å². The fraction of sp³-hybridized carbons (Fsp3) is 0.0588. The Morgan fingerprint density at radius 1 is 0.750 bits per heavy atom. The van der Waals surface area contributed by atoms with Crippen molar-refractivity contribution in [1.82, 2.24) is 0 Å². The molecule has 0 saturated heterocycles. The van der Waals surface area contributed by atoms with Gasteiger partial charge in [0, 0.05) is 16.9 Å². The molecular weight excluding hydrogens is 438 g/mol. The summed E-state index contributed by atoms with van der Waals surface area (Å²) in [6.07, 6.45) is 5.55. The van der Waals surface area contributed by atoms with Gasteiger partial charge in [0.2, 0.25) is 0 Å². The molecule has 0 bridgehead atoms. The summed E-state index contributed by atoms with van der Waals surface area (Å²) in [4.78, 5) is 0. The monoisotopic (exact) mass is 467 g/mol. The van der Waals surface area contributed by atoms with Crippen LogP contribution in [0.5, 0.6) is 0 Å². The molecule has 0 radical (unpaired) electrons. The lowest BCUT2D eigenvalue weighted by Gasteiger charge is -2.11. The number of allylic oxidation sites excluding steroid dienone is 2. The molecule has 2 heteroatoms. The Labute approximate surface area is 212 Å². The van der Waals surface area contributed by atoms with Crippen LogP contribution >= 0.6 is 0 Å². The fourth-order valence-electron chi connectivity index (χ4n) is 4.60. The average Bonchev–Trinajstić information content (AvgIpc) is 3.21. The van der Waals surface area contributed by atoms with Gasteiger partial charge in [0.15, 0.2) is 0 Å². The van der Waals surface area contributed by atoms with Crippen LogP contribution in [0.1, 0.15) is 28.2 Å². The predicted octanol–water partition coefficient (Wildman–Crippen LogP) is 9.72. The van der Waals surface area contributed by atoms with Gasteiger partial charge in [-0.15, -0.1) is 0 Å². The molecule has 0 aliphatic carbocycles. The van der Waals surface area contributed by atoms with Gasteiger partial charge in [0.05, 0.1) is 0 Å². The number of anilines is 2. The van der Waals surface area contributed by atoms with Crippen molar-refractivity contribution < 1.29 is 4.42 Å². The van der Waals surface area contributed by atoms with E-state index in [4.69, 9.17) is 4.42 Å². The summed E-state index contributed by atoms with van der Waals surface area (Å²) in [5.41, 5.74) is 8.81. The van der Waals surface area contributed by atoms with Gasteiger partial charge in [-0.2, -0.15) is 0 Å². The minimum Gasteiger partial charge on any atom is -0.456 e. The highest BCUT2D eigenvalue weighted by atomic mass is 16.3. The van der Waals surface area contributed by atoms with Gasteiger partial charge in [0.25, 0.3) is 0 Å². The van der Waals surface area contributed by atoms with Gasteiger partial charge >= 0.3 is 0 Å². The van der Waals surface area contributed by atoms with Gasteiger partial charge in [-0.1, -0.05) is 92.0 Å². The zero-order chi connectivity index (χ0) is 25.1. The molecule has 36 heavy (non-hydrogen) atoms. The quantitative estimate of drug-likeness (QED) is 0.241. The normalized spacial score (nSPS) is 11.4. The van der Waals surface area contributed by atoms with Gasteiger partial charge in [0.1, 0.15) is 11.5 Å². The first-order valence-corrected chi connectivity index (χ1v) is 12.1. The molecule has 0 aliphatic heterocycles. The Balaban J connectivity index is 1.37. The Morgan fingerprint density at radius 2 is 1.42 bits per heavy atom.